The predicted octanol–water partition coefficient (Wildman–Crippen LogP) is 2.62. The van der Waals surface area contributed by atoms with E-state index in [0.717, 1.165) is 20.9 Å². The molecule has 90 valence electrons. The number of aryl methyl sites for hydroxylation is 1. The van der Waals surface area contributed by atoms with Gasteiger partial charge in [-0.1, -0.05) is 34.2 Å². The molecular formula is C11H12BrN3OS. The molecule has 1 unspecified atom stereocenters. The molecule has 4 nitrogen and oxygen atoms in total. The molecular weight excluding hydrogens is 302 g/mol. The van der Waals surface area contributed by atoms with Crippen LogP contribution >= 0.6 is 27.3 Å². The van der Waals surface area contributed by atoms with Crippen LogP contribution in [0.3, 0.4) is 0 Å². The van der Waals surface area contributed by atoms with Crippen molar-refractivity contribution in [2.75, 3.05) is 0 Å². The van der Waals surface area contributed by atoms with Crippen molar-refractivity contribution >= 4 is 27.3 Å². The summed E-state index contributed by atoms with van der Waals surface area (Å²) < 4.78 is 0.876. The molecule has 0 saturated heterocycles. The van der Waals surface area contributed by atoms with Gasteiger partial charge in [-0.25, -0.2) is 0 Å². The van der Waals surface area contributed by atoms with Gasteiger partial charge < -0.3 is 10.8 Å². The predicted molar refractivity (Wildman–Crippen MR) is 71.1 cm³/mol. The Morgan fingerprint density at radius 2 is 2.24 bits per heavy atom. The largest absolute Gasteiger partial charge is 0.508 e. The lowest BCUT2D eigenvalue weighted by Crippen LogP contribution is -2.11. The molecule has 0 aliphatic heterocycles. The zero-order valence-electron chi connectivity index (χ0n) is 9.22. The molecule has 17 heavy (non-hydrogen) atoms. The summed E-state index contributed by atoms with van der Waals surface area (Å²) in [7, 11) is 0. The van der Waals surface area contributed by atoms with Gasteiger partial charge in [0.05, 0.1) is 6.04 Å². The summed E-state index contributed by atoms with van der Waals surface area (Å²) in [4.78, 5) is 0. The fraction of sp³-hybridized carbons (Fsp3) is 0.273. The smallest absolute Gasteiger partial charge is 0.138 e. The summed E-state index contributed by atoms with van der Waals surface area (Å²) in [5.41, 5.74) is 6.73. The number of phenolic OH excluding ortho intramolecular Hbond substituents is 1. The van der Waals surface area contributed by atoms with Crippen molar-refractivity contribution in [3.8, 4) is 5.75 Å². The van der Waals surface area contributed by atoms with E-state index < -0.39 is 6.04 Å². The first-order chi connectivity index (χ1) is 8.11. The van der Waals surface area contributed by atoms with Crippen LogP contribution in [0.2, 0.25) is 0 Å². The third kappa shape index (κ3) is 2.65. The topological polar surface area (TPSA) is 72.0 Å². The first kappa shape index (κ1) is 12.5. The normalized spacial score (nSPS) is 12.6. The first-order valence-corrected chi connectivity index (χ1v) is 6.79. The Bertz CT molecular complexity index is 529. The molecule has 6 heteroatoms. The molecule has 0 fully saturated rings. The van der Waals surface area contributed by atoms with Gasteiger partial charge in [0.1, 0.15) is 15.8 Å². The highest BCUT2D eigenvalue weighted by Crippen LogP contribution is 2.31. The SMILES string of the molecule is CCc1nnc(C(N)c2cc(Br)ccc2O)s1. The van der Waals surface area contributed by atoms with Crippen LogP contribution in [0.15, 0.2) is 22.7 Å². The second-order valence-electron chi connectivity index (χ2n) is 3.57. The summed E-state index contributed by atoms with van der Waals surface area (Å²) in [6.45, 7) is 2.02. The van der Waals surface area contributed by atoms with Gasteiger partial charge in [0.25, 0.3) is 0 Å². The standard InChI is InChI=1S/C11H12BrN3OS/c1-2-9-14-15-11(17-9)10(13)7-5-6(12)3-4-8(7)16/h3-5,10,16H,2,13H2,1H3. The van der Waals surface area contributed by atoms with Crippen molar-refractivity contribution < 1.29 is 5.11 Å². The van der Waals surface area contributed by atoms with E-state index in [1.54, 1.807) is 18.2 Å². The monoisotopic (exact) mass is 313 g/mol. The van der Waals surface area contributed by atoms with Gasteiger partial charge in [-0.05, 0) is 24.6 Å². The van der Waals surface area contributed by atoms with E-state index in [1.165, 1.54) is 11.3 Å². The molecule has 0 radical (unpaired) electrons. The maximum atomic E-state index is 9.79. The number of benzene rings is 1. The van der Waals surface area contributed by atoms with Crippen molar-refractivity contribution in [2.24, 2.45) is 5.73 Å². The Hall–Kier alpha value is -0.980. The van der Waals surface area contributed by atoms with E-state index in [-0.39, 0.29) is 5.75 Å². The highest BCUT2D eigenvalue weighted by molar-refractivity contribution is 9.10. The van der Waals surface area contributed by atoms with Gasteiger partial charge in [-0.3, -0.25) is 0 Å². The van der Waals surface area contributed by atoms with Gasteiger partial charge in [0.2, 0.25) is 0 Å². The van der Waals surface area contributed by atoms with Crippen LogP contribution in [-0.4, -0.2) is 15.3 Å². The molecule has 1 aromatic heterocycles. The molecule has 0 aliphatic rings. The van der Waals surface area contributed by atoms with Gasteiger partial charge in [-0.15, -0.1) is 10.2 Å². The van der Waals surface area contributed by atoms with Gasteiger partial charge in [-0.2, -0.15) is 0 Å². The molecule has 0 spiro atoms. The van der Waals surface area contributed by atoms with Gasteiger partial charge in [0, 0.05) is 10.0 Å². The van der Waals surface area contributed by atoms with Gasteiger partial charge in [0.15, 0.2) is 0 Å². The van der Waals surface area contributed by atoms with Crippen LogP contribution < -0.4 is 5.73 Å². The van der Waals surface area contributed by atoms with E-state index in [0.29, 0.717) is 5.56 Å². The fourth-order valence-electron chi connectivity index (χ4n) is 1.44. The van der Waals surface area contributed by atoms with E-state index in [1.807, 2.05) is 6.92 Å². The summed E-state index contributed by atoms with van der Waals surface area (Å²) >= 11 is 4.83. The number of phenols is 1. The Balaban J connectivity index is 2.35. The van der Waals surface area contributed by atoms with Crippen LogP contribution in [0.1, 0.15) is 28.5 Å². The minimum Gasteiger partial charge on any atom is -0.508 e. The second-order valence-corrected chi connectivity index (χ2v) is 5.58. The number of halogens is 1. The van der Waals surface area contributed by atoms with Gasteiger partial charge >= 0.3 is 0 Å². The quantitative estimate of drug-likeness (QED) is 0.913. The van der Waals surface area contributed by atoms with Crippen molar-refractivity contribution in [1.82, 2.24) is 10.2 Å². The minimum atomic E-state index is -0.440. The lowest BCUT2D eigenvalue weighted by Gasteiger charge is -2.10. The van der Waals surface area contributed by atoms with Crippen molar-refractivity contribution in [3.63, 3.8) is 0 Å². The van der Waals surface area contributed by atoms with Crippen molar-refractivity contribution in [1.29, 1.82) is 0 Å². The molecule has 0 amide bonds. The lowest BCUT2D eigenvalue weighted by atomic mass is 10.1. The molecule has 1 heterocycles. The molecule has 1 atom stereocenters. The molecule has 3 N–H and O–H groups in total. The highest BCUT2D eigenvalue weighted by atomic mass is 79.9. The maximum absolute atomic E-state index is 9.79. The second kappa shape index (κ2) is 5.12. The molecule has 0 saturated carbocycles. The number of aromatic nitrogens is 2. The molecule has 1 aromatic carbocycles. The third-order valence-electron chi connectivity index (χ3n) is 2.38. The number of aromatic hydroxyl groups is 1. The Labute approximate surface area is 112 Å². The van der Waals surface area contributed by atoms with Crippen LogP contribution in [0.5, 0.6) is 5.75 Å². The number of rotatable bonds is 3. The average Bonchev–Trinajstić information content (AvgIpc) is 2.80. The number of hydrogen-bond donors (Lipinski definition) is 2. The maximum Gasteiger partial charge on any atom is 0.138 e. The fourth-order valence-corrected chi connectivity index (χ4v) is 2.62. The van der Waals surface area contributed by atoms with E-state index in [4.69, 9.17) is 5.73 Å². The molecule has 2 rings (SSSR count). The zero-order chi connectivity index (χ0) is 12.4. The Morgan fingerprint density at radius 3 is 2.88 bits per heavy atom. The van der Waals surface area contributed by atoms with Crippen molar-refractivity contribution in [3.05, 3.63) is 38.3 Å². The summed E-state index contributed by atoms with van der Waals surface area (Å²) in [6.07, 6.45) is 0.842. The molecule has 0 aliphatic carbocycles. The van der Waals surface area contributed by atoms with Crippen LogP contribution in [0.4, 0.5) is 0 Å². The summed E-state index contributed by atoms with van der Waals surface area (Å²) in [6, 6.07) is 4.74. The van der Waals surface area contributed by atoms with E-state index >= 15 is 0 Å². The van der Waals surface area contributed by atoms with E-state index in [9.17, 15) is 5.11 Å². The van der Waals surface area contributed by atoms with Crippen LogP contribution in [-0.2, 0) is 6.42 Å². The lowest BCUT2D eigenvalue weighted by molar-refractivity contribution is 0.465. The minimum absolute atomic E-state index is 0.175. The Morgan fingerprint density at radius 1 is 1.47 bits per heavy atom. The average molecular weight is 314 g/mol. The van der Waals surface area contributed by atoms with Crippen LogP contribution in [0, 0.1) is 0 Å². The molecule has 0 bridgehead atoms. The first-order valence-electron chi connectivity index (χ1n) is 5.18. The Kier molecular flexibility index (Phi) is 3.76. The highest BCUT2D eigenvalue weighted by Gasteiger charge is 2.17. The summed E-state index contributed by atoms with van der Waals surface area (Å²) in [5.74, 6) is 0.175. The number of nitrogens with zero attached hydrogens (tertiary/aromatic N) is 2. The zero-order valence-corrected chi connectivity index (χ0v) is 11.6. The number of nitrogens with two attached hydrogens (primary N) is 1. The summed E-state index contributed by atoms with van der Waals surface area (Å²) in [5, 5.41) is 19.5. The van der Waals surface area contributed by atoms with Crippen molar-refractivity contribution in [2.45, 2.75) is 19.4 Å². The van der Waals surface area contributed by atoms with E-state index in [2.05, 4.69) is 26.1 Å². The molecule has 2 aromatic rings. The number of hydrogen-bond acceptors (Lipinski definition) is 5. The third-order valence-corrected chi connectivity index (χ3v) is 4.02. The van der Waals surface area contributed by atoms with Crippen LogP contribution in [0.25, 0.3) is 0 Å².